The fourth-order valence-electron chi connectivity index (χ4n) is 2.10. The van der Waals surface area contributed by atoms with Crippen LogP contribution in [0.4, 0.5) is 8.78 Å². The number of hydrogen-bond donors (Lipinski definition) is 1. The number of hydrogen-bond acceptors (Lipinski definition) is 3. The molecule has 0 bridgehead atoms. The standard InChI is InChI=1S/C14H22F2N2O/c1-3-18(7-8-19-4-2)14(10-17)12-9-11(15)5-6-13(12)16/h5-6,9,14H,3-4,7-8,10,17H2,1-2H3. The number of rotatable bonds is 8. The van der Waals surface area contributed by atoms with Crippen molar-refractivity contribution in [2.24, 2.45) is 5.73 Å². The van der Waals surface area contributed by atoms with Crippen LogP contribution in [-0.4, -0.2) is 37.7 Å². The molecule has 0 amide bonds. The molecule has 0 spiro atoms. The lowest BCUT2D eigenvalue weighted by Gasteiger charge is -2.30. The number of nitrogens with zero attached hydrogens (tertiary/aromatic N) is 1. The Labute approximate surface area is 113 Å². The number of benzene rings is 1. The Morgan fingerprint density at radius 2 is 2.05 bits per heavy atom. The van der Waals surface area contributed by atoms with Gasteiger partial charge in [0.15, 0.2) is 0 Å². The number of ether oxygens (including phenoxy) is 1. The summed E-state index contributed by atoms with van der Waals surface area (Å²) in [5, 5.41) is 0. The molecule has 5 heteroatoms. The monoisotopic (exact) mass is 272 g/mol. The van der Waals surface area contributed by atoms with Crippen molar-refractivity contribution in [2.45, 2.75) is 19.9 Å². The van der Waals surface area contributed by atoms with Gasteiger partial charge >= 0.3 is 0 Å². The fourth-order valence-corrected chi connectivity index (χ4v) is 2.10. The summed E-state index contributed by atoms with van der Waals surface area (Å²) < 4.78 is 32.4. The summed E-state index contributed by atoms with van der Waals surface area (Å²) in [6.07, 6.45) is 0. The van der Waals surface area contributed by atoms with Crippen LogP contribution in [0.15, 0.2) is 18.2 Å². The highest BCUT2D eigenvalue weighted by atomic mass is 19.1. The molecular weight excluding hydrogens is 250 g/mol. The first-order chi connectivity index (χ1) is 9.13. The average Bonchev–Trinajstić information content (AvgIpc) is 2.41. The Kier molecular flexibility index (Phi) is 6.91. The molecular formula is C14H22F2N2O. The highest BCUT2D eigenvalue weighted by molar-refractivity contribution is 5.22. The van der Waals surface area contributed by atoms with Crippen LogP contribution in [0.3, 0.4) is 0 Å². The van der Waals surface area contributed by atoms with E-state index < -0.39 is 11.6 Å². The Balaban J connectivity index is 2.86. The molecule has 0 saturated carbocycles. The first-order valence-corrected chi connectivity index (χ1v) is 6.60. The van der Waals surface area contributed by atoms with Crippen LogP contribution < -0.4 is 5.73 Å². The molecule has 0 aromatic heterocycles. The smallest absolute Gasteiger partial charge is 0.128 e. The van der Waals surface area contributed by atoms with Crippen molar-refractivity contribution >= 4 is 0 Å². The maximum atomic E-state index is 13.8. The first kappa shape index (κ1) is 16.0. The van der Waals surface area contributed by atoms with Gasteiger partial charge in [0.05, 0.1) is 12.6 Å². The van der Waals surface area contributed by atoms with Crippen molar-refractivity contribution in [3.63, 3.8) is 0 Å². The molecule has 0 fully saturated rings. The summed E-state index contributed by atoms with van der Waals surface area (Å²) in [5.74, 6) is -0.873. The largest absolute Gasteiger partial charge is 0.380 e. The zero-order chi connectivity index (χ0) is 14.3. The topological polar surface area (TPSA) is 38.5 Å². The molecule has 1 rings (SSSR count). The normalized spacial score (nSPS) is 12.9. The molecule has 0 aliphatic carbocycles. The minimum absolute atomic E-state index is 0.236. The lowest BCUT2D eigenvalue weighted by Crippen LogP contribution is -2.36. The van der Waals surface area contributed by atoms with Crippen molar-refractivity contribution in [3.8, 4) is 0 Å². The predicted octanol–water partition coefficient (Wildman–Crippen LogP) is 2.32. The number of halogens is 2. The molecule has 19 heavy (non-hydrogen) atoms. The lowest BCUT2D eigenvalue weighted by molar-refractivity contribution is 0.0971. The SMILES string of the molecule is CCOCCN(CC)C(CN)c1cc(F)ccc1F. The van der Waals surface area contributed by atoms with Gasteiger partial charge in [-0.1, -0.05) is 6.92 Å². The van der Waals surface area contributed by atoms with E-state index in [0.717, 1.165) is 12.1 Å². The predicted molar refractivity (Wildman–Crippen MR) is 71.9 cm³/mol. The van der Waals surface area contributed by atoms with Gasteiger partial charge in [-0.2, -0.15) is 0 Å². The third-order valence-electron chi connectivity index (χ3n) is 3.11. The van der Waals surface area contributed by atoms with Gasteiger partial charge in [0.2, 0.25) is 0 Å². The van der Waals surface area contributed by atoms with Gasteiger partial charge < -0.3 is 10.5 Å². The van der Waals surface area contributed by atoms with E-state index in [1.807, 2.05) is 18.7 Å². The third-order valence-corrected chi connectivity index (χ3v) is 3.11. The van der Waals surface area contributed by atoms with Crippen LogP contribution in [0.1, 0.15) is 25.5 Å². The van der Waals surface area contributed by atoms with E-state index in [0.29, 0.717) is 31.9 Å². The minimum atomic E-state index is -0.448. The van der Waals surface area contributed by atoms with Gasteiger partial charge in [-0.15, -0.1) is 0 Å². The second kappa shape index (κ2) is 8.19. The second-order valence-electron chi connectivity index (χ2n) is 4.24. The van der Waals surface area contributed by atoms with Crippen LogP contribution in [0.2, 0.25) is 0 Å². The zero-order valence-electron chi connectivity index (χ0n) is 11.5. The first-order valence-electron chi connectivity index (χ1n) is 6.60. The van der Waals surface area contributed by atoms with E-state index in [1.54, 1.807) is 0 Å². The zero-order valence-corrected chi connectivity index (χ0v) is 11.5. The molecule has 3 nitrogen and oxygen atoms in total. The highest BCUT2D eigenvalue weighted by Gasteiger charge is 2.21. The van der Waals surface area contributed by atoms with Crippen LogP contribution in [0, 0.1) is 11.6 Å². The Hall–Kier alpha value is -1.04. The molecule has 1 aromatic rings. The third kappa shape index (κ3) is 4.53. The molecule has 1 atom stereocenters. The summed E-state index contributed by atoms with van der Waals surface area (Å²) in [4.78, 5) is 1.99. The van der Waals surface area contributed by atoms with Crippen molar-refractivity contribution < 1.29 is 13.5 Å². The average molecular weight is 272 g/mol. The van der Waals surface area contributed by atoms with E-state index in [9.17, 15) is 8.78 Å². The molecule has 0 aliphatic heterocycles. The van der Waals surface area contributed by atoms with Gasteiger partial charge in [-0.25, -0.2) is 8.78 Å². The summed E-state index contributed by atoms with van der Waals surface area (Å²) >= 11 is 0. The van der Waals surface area contributed by atoms with Crippen molar-refractivity contribution in [3.05, 3.63) is 35.4 Å². The van der Waals surface area contributed by atoms with E-state index in [4.69, 9.17) is 10.5 Å². The van der Waals surface area contributed by atoms with E-state index >= 15 is 0 Å². The fraction of sp³-hybridized carbons (Fsp3) is 0.571. The molecule has 108 valence electrons. The van der Waals surface area contributed by atoms with Crippen molar-refractivity contribution in [1.29, 1.82) is 0 Å². The van der Waals surface area contributed by atoms with Gasteiger partial charge in [0.1, 0.15) is 11.6 Å². The Morgan fingerprint density at radius 1 is 1.32 bits per heavy atom. The number of likely N-dealkylation sites (N-methyl/N-ethyl adjacent to an activating group) is 1. The van der Waals surface area contributed by atoms with Gasteiger partial charge in [0, 0.05) is 25.3 Å². The molecule has 0 saturated heterocycles. The summed E-state index contributed by atoms with van der Waals surface area (Å²) in [6, 6.07) is 3.14. The Bertz CT molecular complexity index is 388. The maximum absolute atomic E-state index is 13.8. The van der Waals surface area contributed by atoms with Gasteiger partial charge in [-0.3, -0.25) is 4.90 Å². The van der Waals surface area contributed by atoms with Crippen molar-refractivity contribution in [1.82, 2.24) is 4.90 Å². The second-order valence-corrected chi connectivity index (χ2v) is 4.24. The van der Waals surface area contributed by atoms with Gasteiger partial charge in [-0.05, 0) is 31.7 Å². The summed E-state index contributed by atoms with van der Waals surface area (Å²) in [6.45, 7) is 6.65. The number of nitrogens with two attached hydrogens (primary N) is 1. The summed E-state index contributed by atoms with van der Waals surface area (Å²) in [7, 11) is 0. The van der Waals surface area contributed by atoms with Crippen LogP contribution in [0.25, 0.3) is 0 Å². The molecule has 2 N–H and O–H groups in total. The van der Waals surface area contributed by atoms with E-state index in [-0.39, 0.29) is 12.6 Å². The van der Waals surface area contributed by atoms with Gasteiger partial charge in [0.25, 0.3) is 0 Å². The van der Waals surface area contributed by atoms with Crippen LogP contribution in [0.5, 0.6) is 0 Å². The quantitative estimate of drug-likeness (QED) is 0.738. The van der Waals surface area contributed by atoms with Crippen LogP contribution in [-0.2, 0) is 4.74 Å². The van der Waals surface area contributed by atoms with E-state index in [1.165, 1.54) is 6.07 Å². The maximum Gasteiger partial charge on any atom is 0.128 e. The van der Waals surface area contributed by atoms with E-state index in [2.05, 4.69) is 0 Å². The van der Waals surface area contributed by atoms with Crippen molar-refractivity contribution in [2.75, 3.05) is 32.8 Å². The lowest BCUT2D eigenvalue weighted by atomic mass is 10.0. The molecule has 0 radical (unpaired) electrons. The highest BCUT2D eigenvalue weighted by Crippen LogP contribution is 2.23. The minimum Gasteiger partial charge on any atom is -0.380 e. The molecule has 1 unspecified atom stereocenters. The Morgan fingerprint density at radius 3 is 2.63 bits per heavy atom. The molecule has 0 aliphatic rings. The van der Waals surface area contributed by atoms with Crippen LogP contribution >= 0.6 is 0 Å². The molecule has 0 heterocycles. The summed E-state index contributed by atoms with van der Waals surface area (Å²) in [5.41, 5.74) is 6.04. The molecule has 1 aromatic carbocycles.